The van der Waals surface area contributed by atoms with Gasteiger partial charge in [-0.05, 0) is 31.4 Å². The van der Waals surface area contributed by atoms with Crippen LogP contribution < -0.4 is 5.73 Å². The van der Waals surface area contributed by atoms with Crippen LogP contribution in [0.2, 0.25) is 5.02 Å². The fourth-order valence-corrected chi connectivity index (χ4v) is 1.62. The van der Waals surface area contributed by atoms with Crippen molar-refractivity contribution in [1.82, 2.24) is 0 Å². The van der Waals surface area contributed by atoms with Crippen molar-refractivity contribution in [3.63, 3.8) is 0 Å². The third-order valence-corrected chi connectivity index (χ3v) is 2.67. The molecule has 3 nitrogen and oxygen atoms in total. The highest BCUT2D eigenvalue weighted by atomic mass is 35.5. The number of carbonyl (C=O) groups excluding carboxylic acids is 1. The SMILES string of the molecule is Clc1ccccc1.NC1CCCC(O)C1=O. The second-order valence-corrected chi connectivity index (χ2v) is 4.19. The van der Waals surface area contributed by atoms with Gasteiger partial charge in [0.05, 0.1) is 6.04 Å². The molecule has 0 heterocycles. The summed E-state index contributed by atoms with van der Waals surface area (Å²) >= 11 is 5.54. The van der Waals surface area contributed by atoms with Crippen LogP contribution in [0.1, 0.15) is 19.3 Å². The number of halogens is 1. The number of Topliss-reactive ketones (excluding diaryl/α,β-unsaturated/α-hetero) is 1. The fraction of sp³-hybridized carbons (Fsp3) is 0.417. The highest BCUT2D eigenvalue weighted by Gasteiger charge is 2.26. The first-order chi connectivity index (χ1) is 7.61. The van der Waals surface area contributed by atoms with Gasteiger partial charge in [-0.25, -0.2) is 0 Å². The zero-order chi connectivity index (χ0) is 12.0. The van der Waals surface area contributed by atoms with E-state index in [9.17, 15) is 4.79 Å². The molecule has 4 heteroatoms. The number of hydrogen-bond donors (Lipinski definition) is 2. The van der Waals surface area contributed by atoms with Crippen LogP contribution in [-0.2, 0) is 4.79 Å². The summed E-state index contributed by atoms with van der Waals surface area (Å²) in [5, 5.41) is 9.71. The van der Waals surface area contributed by atoms with E-state index in [-0.39, 0.29) is 5.78 Å². The predicted octanol–water partition coefficient (Wildman–Crippen LogP) is 1.77. The van der Waals surface area contributed by atoms with E-state index < -0.39 is 12.1 Å². The maximum Gasteiger partial charge on any atom is 0.177 e. The maximum absolute atomic E-state index is 10.8. The van der Waals surface area contributed by atoms with Crippen molar-refractivity contribution in [3.05, 3.63) is 35.4 Å². The average Bonchev–Trinajstić information content (AvgIpc) is 2.28. The highest BCUT2D eigenvalue weighted by Crippen LogP contribution is 2.12. The van der Waals surface area contributed by atoms with Gasteiger partial charge in [-0.1, -0.05) is 29.8 Å². The lowest BCUT2D eigenvalue weighted by atomic mass is 9.92. The van der Waals surface area contributed by atoms with E-state index in [1.165, 1.54) is 0 Å². The summed E-state index contributed by atoms with van der Waals surface area (Å²) in [6.45, 7) is 0. The van der Waals surface area contributed by atoms with Gasteiger partial charge in [0.15, 0.2) is 5.78 Å². The van der Waals surface area contributed by atoms with Crippen LogP contribution in [0.3, 0.4) is 0 Å². The Bertz CT molecular complexity index is 317. The lowest BCUT2D eigenvalue weighted by Gasteiger charge is -2.20. The van der Waals surface area contributed by atoms with Crippen LogP contribution >= 0.6 is 11.6 Å². The first-order valence-electron chi connectivity index (χ1n) is 5.29. The van der Waals surface area contributed by atoms with Crippen molar-refractivity contribution >= 4 is 17.4 Å². The van der Waals surface area contributed by atoms with Crippen molar-refractivity contribution < 1.29 is 9.90 Å². The molecule has 0 spiro atoms. The molecule has 1 aromatic rings. The monoisotopic (exact) mass is 241 g/mol. The first kappa shape index (κ1) is 13.2. The zero-order valence-electron chi connectivity index (χ0n) is 8.97. The van der Waals surface area contributed by atoms with Crippen LogP contribution in [-0.4, -0.2) is 23.0 Å². The van der Waals surface area contributed by atoms with Gasteiger partial charge < -0.3 is 10.8 Å². The van der Waals surface area contributed by atoms with Crippen molar-refractivity contribution in [2.45, 2.75) is 31.4 Å². The molecule has 1 aromatic carbocycles. The quantitative estimate of drug-likeness (QED) is 0.728. The molecule has 2 unspecified atom stereocenters. The van der Waals surface area contributed by atoms with Crippen LogP contribution in [0.15, 0.2) is 30.3 Å². The molecular weight excluding hydrogens is 226 g/mol. The number of nitrogens with two attached hydrogens (primary N) is 1. The zero-order valence-corrected chi connectivity index (χ0v) is 9.73. The first-order valence-corrected chi connectivity index (χ1v) is 5.67. The number of aliphatic hydroxyl groups is 1. The van der Waals surface area contributed by atoms with Crippen LogP contribution in [0.25, 0.3) is 0 Å². The molecule has 3 N–H and O–H groups in total. The Kier molecular flexibility index (Phi) is 5.46. The van der Waals surface area contributed by atoms with E-state index in [1.807, 2.05) is 30.3 Å². The number of carbonyl (C=O) groups is 1. The summed E-state index contributed by atoms with van der Waals surface area (Å²) in [5.74, 6) is -0.193. The molecule has 2 atom stereocenters. The van der Waals surface area contributed by atoms with E-state index in [0.717, 1.165) is 17.9 Å². The summed E-state index contributed by atoms with van der Waals surface area (Å²) in [6, 6.07) is 9.04. The number of aliphatic hydroxyl groups excluding tert-OH is 1. The lowest BCUT2D eigenvalue weighted by molar-refractivity contribution is -0.130. The lowest BCUT2D eigenvalue weighted by Crippen LogP contribution is -2.41. The van der Waals surface area contributed by atoms with Crippen LogP contribution in [0.5, 0.6) is 0 Å². The largest absolute Gasteiger partial charge is 0.385 e. The third kappa shape index (κ3) is 4.31. The summed E-state index contributed by atoms with van der Waals surface area (Å²) < 4.78 is 0. The molecule has 0 radical (unpaired) electrons. The van der Waals surface area contributed by atoms with Crippen molar-refractivity contribution in [2.75, 3.05) is 0 Å². The van der Waals surface area contributed by atoms with Gasteiger partial charge in [0.25, 0.3) is 0 Å². The van der Waals surface area contributed by atoms with Gasteiger partial charge in [0, 0.05) is 5.02 Å². The standard InChI is InChI=1S/C6H5Cl.C6H11NO2/c7-6-4-2-1-3-5-6;7-4-2-1-3-5(8)6(4)9/h1-5H;4-5,8H,1-3,7H2. The highest BCUT2D eigenvalue weighted by molar-refractivity contribution is 6.30. The Morgan fingerprint density at radius 2 is 1.88 bits per heavy atom. The molecule has 0 aromatic heterocycles. The molecule has 1 saturated carbocycles. The molecule has 88 valence electrons. The number of hydrogen-bond acceptors (Lipinski definition) is 3. The van der Waals surface area contributed by atoms with Gasteiger partial charge in [-0.3, -0.25) is 4.79 Å². The fourth-order valence-electron chi connectivity index (χ4n) is 1.48. The second-order valence-electron chi connectivity index (χ2n) is 3.75. The Labute approximate surface area is 100 Å². The Balaban J connectivity index is 0.000000165. The number of ketones is 1. The van der Waals surface area contributed by atoms with Crippen LogP contribution in [0, 0.1) is 0 Å². The molecule has 16 heavy (non-hydrogen) atoms. The summed E-state index contributed by atoms with van der Waals surface area (Å²) in [5.41, 5.74) is 5.36. The van der Waals surface area contributed by atoms with Crippen molar-refractivity contribution in [3.8, 4) is 0 Å². The predicted molar refractivity (Wildman–Crippen MR) is 64.3 cm³/mol. The molecule has 1 fully saturated rings. The summed E-state index contributed by atoms with van der Waals surface area (Å²) in [7, 11) is 0. The van der Waals surface area contributed by atoms with E-state index in [1.54, 1.807) is 0 Å². The minimum Gasteiger partial charge on any atom is -0.385 e. The van der Waals surface area contributed by atoms with Gasteiger partial charge in [0.2, 0.25) is 0 Å². The molecule has 1 aliphatic rings. The normalized spacial score (nSPS) is 24.6. The molecule has 2 rings (SSSR count). The Hall–Kier alpha value is -0.900. The number of benzene rings is 1. The van der Waals surface area contributed by atoms with E-state index >= 15 is 0 Å². The van der Waals surface area contributed by atoms with Crippen LogP contribution in [0.4, 0.5) is 0 Å². The smallest absolute Gasteiger partial charge is 0.177 e. The van der Waals surface area contributed by atoms with Crippen molar-refractivity contribution in [2.24, 2.45) is 5.73 Å². The maximum atomic E-state index is 10.8. The van der Waals surface area contributed by atoms with E-state index in [4.69, 9.17) is 22.4 Å². The van der Waals surface area contributed by atoms with Gasteiger partial charge in [0.1, 0.15) is 6.10 Å². The minimum absolute atomic E-state index is 0.193. The average molecular weight is 242 g/mol. The van der Waals surface area contributed by atoms with Crippen molar-refractivity contribution in [1.29, 1.82) is 0 Å². The summed E-state index contributed by atoms with van der Waals surface area (Å²) in [4.78, 5) is 10.8. The van der Waals surface area contributed by atoms with E-state index in [2.05, 4.69) is 0 Å². The topological polar surface area (TPSA) is 63.3 Å². The molecular formula is C12H16ClNO2. The van der Waals surface area contributed by atoms with Gasteiger partial charge in [-0.2, -0.15) is 0 Å². The Morgan fingerprint density at radius 3 is 2.25 bits per heavy atom. The third-order valence-electron chi connectivity index (χ3n) is 2.42. The van der Waals surface area contributed by atoms with E-state index in [0.29, 0.717) is 6.42 Å². The molecule has 1 aliphatic carbocycles. The molecule has 0 saturated heterocycles. The van der Waals surface area contributed by atoms with Gasteiger partial charge in [-0.15, -0.1) is 0 Å². The summed E-state index contributed by atoms with van der Waals surface area (Å²) in [6.07, 6.45) is 1.41. The second kappa shape index (κ2) is 6.63. The Morgan fingerprint density at radius 1 is 1.25 bits per heavy atom. The number of rotatable bonds is 0. The molecule has 0 bridgehead atoms. The molecule has 0 aliphatic heterocycles. The molecule has 0 amide bonds. The van der Waals surface area contributed by atoms with Gasteiger partial charge >= 0.3 is 0 Å². The minimum atomic E-state index is -0.784.